The van der Waals surface area contributed by atoms with Gasteiger partial charge in [-0.25, -0.2) is 0 Å². The maximum Gasteiger partial charge on any atom is 0.229 e. The first-order valence-electron chi connectivity index (χ1n) is 7.38. The molecule has 4 heteroatoms. The van der Waals surface area contributed by atoms with Crippen molar-refractivity contribution in [2.75, 3.05) is 0 Å². The Kier molecular flexibility index (Phi) is 2.84. The summed E-state index contributed by atoms with van der Waals surface area (Å²) < 4.78 is 5.39. The number of benzene rings is 1. The fraction of sp³-hybridized carbons (Fsp3) is 0.500. The van der Waals surface area contributed by atoms with E-state index in [0.29, 0.717) is 11.8 Å². The Morgan fingerprint density at radius 1 is 1.10 bits per heavy atom. The van der Waals surface area contributed by atoms with E-state index in [9.17, 15) is 5.11 Å². The number of fused-ring (bicyclic) bond motifs is 1. The SMILES string of the molecule is OC1CC(c2nc(C3CCc4ccccc4C3)no2)C1. The fourth-order valence-corrected chi connectivity index (χ4v) is 3.29. The first kappa shape index (κ1) is 12.1. The minimum absolute atomic E-state index is 0.183. The molecule has 4 nitrogen and oxygen atoms in total. The third kappa shape index (κ3) is 2.04. The number of hydrogen-bond donors (Lipinski definition) is 1. The summed E-state index contributed by atoms with van der Waals surface area (Å²) in [4.78, 5) is 4.57. The van der Waals surface area contributed by atoms with Crippen molar-refractivity contribution in [3.63, 3.8) is 0 Å². The summed E-state index contributed by atoms with van der Waals surface area (Å²) in [7, 11) is 0. The van der Waals surface area contributed by atoms with E-state index in [0.717, 1.165) is 37.9 Å². The van der Waals surface area contributed by atoms with Crippen LogP contribution in [0.1, 0.15) is 53.9 Å². The predicted molar refractivity (Wildman–Crippen MR) is 73.5 cm³/mol. The number of aryl methyl sites for hydroxylation is 1. The second-order valence-corrected chi connectivity index (χ2v) is 6.02. The van der Waals surface area contributed by atoms with Gasteiger partial charge in [0.1, 0.15) is 0 Å². The Hall–Kier alpha value is -1.68. The quantitative estimate of drug-likeness (QED) is 0.911. The highest BCUT2D eigenvalue weighted by Crippen LogP contribution is 2.37. The highest BCUT2D eigenvalue weighted by molar-refractivity contribution is 5.31. The van der Waals surface area contributed by atoms with Gasteiger partial charge in [0.05, 0.1) is 6.10 Å². The van der Waals surface area contributed by atoms with Crippen molar-refractivity contribution in [3.8, 4) is 0 Å². The first-order chi connectivity index (χ1) is 9.79. The molecule has 2 aliphatic rings. The summed E-state index contributed by atoms with van der Waals surface area (Å²) in [5.41, 5.74) is 2.86. The number of aliphatic hydroxyl groups is 1. The zero-order valence-corrected chi connectivity index (χ0v) is 11.3. The highest BCUT2D eigenvalue weighted by atomic mass is 16.5. The van der Waals surface area contributed by atoms with Crippen LogP contribution in [-0.4, -0.2) is 21.4 Å². The van der Waals surface area contributed by atoms with Crippen molar-refractivity contribution in [2.45, 2.75) is 50.0 Å². The molecule has 2 aliphatic carbocycles. The van der Waals surface area contributed by atoms with E-state index < -0.39 is 0 Å². The molecule has 0 bridgehead atoms. The van der Waals surface area contributed by atoms with Crippen LogP contribution in [0.15, 0.2) is 28.8 Å². The van der Waals surface area contributed by atoms with E-state index in [1.165, 1.54) is 11.1 Å². The average molecular weight is 270 g/mol. The summed E-state index contributed by atoms with van der Waals surface area (Å²) in [6.07, 6.45) is 4.51. The van der Waals surface area contributed by atoms with Crippen LogP contribution < -0.4 is 0 Å². The van der Waals surface area contributed by atoms with Gasteiger partial charge in [-0.05, 0) is 43.2 Å². The summed E-state index contributed by atoms with van der Waals surface area (Å²) >= 11 is 0. The Bertz CT molecular complexity index is 616. The van der Waals surface area contributed by atoms with Crippen LogP contribution in [0.4, 0.5) is 0 Å². The van der Waals surface area contributed by atoms with Crippen LogP contribution >= 0.6 is 0 Å². The van der Waals surface area contributed by atoms with Crippen LogP contribution in [0.2, 0.25) is 0 Å². The van der Waals surface area contributed by atoms with Gasteiger partial charge in [-0.2, -0.15) is 4.98 Å². The predicted octanol–water partition coefficient (Wildman–Crippen LogP) is 2.58. The van der Waals surface area contributed by atoms with Gasteiger partial charge in [-0.3, -0.25) is 0 Å². The molecule has 1 aromatic heterocycles. The minimum atomic E-state index is -0.183. The lowest BCUT2D eigenvalue weighted by atomic mass is 9.82. The molecule has 1 atom stereocenters. The molecule has 1 heterocycles. The van der Waals surface area contributed by atoms with Gasteiger partial charge < -0.3 is 9.63 Å². The van der Waals surface area contributed by atoms with Gasteiger partial charge in [0.25, 0.3) is 0 Å². The van der Waals surface area contributed by atoms with E-state index in [2.05, 4.69) is 34.4 Å². The lowest BCUT2D eigenvalue weighted by molar-refractivity contribution is 0.0625. The summed E-state index contributed by atoms with van der Waals surface area (Å²) in [6.45, 7) is 0. The summed E-state index contributed by atoms with van der Waals surface area (Å²) in [6, 6.07) is 8.61. The van der Waals surface area contributed by atoms with Gasteiger partial charge in [0.15, 0.2) is 5.82 Å². The normalized spacial score (nSPS) is 28.8. The molecule has 1 N–H and O–H groups in total. The number of rotatable bonds is 2. The van der Waals surface area contributed by atoms with Gasteiger partial charge in [-0.15, -0.1) is 0 Å². The Labute approximate surface area is 117 Å². The molecule has 1 fully saturated rings. The molecule has 0 radical (unpaired) electrons. The number of hydrogen-bond acceptors (Lipinski definition) is 4. The maximum atomic E-state index is 9.35. The third-order valence-corrected chi connectivity index (χ3v) is 4.63. The Morgan fingerprint density at radius 3 is 2.70 bits per heavy atom. The van der Waals surface area contributed by atoms with Gasteiger partial charge >= 0.3 is 0 Å². The molecule has 1 saturated carbocycles. The van der Waals surface area contributed by atoms with E-state index in [4.69, 9.17) is 4.52 Å². The molecule has 20 heavy (non-hydrogen) atoms. The van der Waals surface area contributed by atoms with Gasteiger partial charge in [0.2, 0.25) is 5.89 Å². The second kappa shape index (κ2) is 4.70. The summed E-state index contributed by atoms with van der Waals surface area (Å²) in [5, 5.41) is 13.5. The van der Waals surface area contributed by atoms with Crippen molar-refractivity contribution in [1.29, 1.82) is 0 Å². The monoisotopic (exact) mass is 270 g/mol. The summed E-state index contributed by atoms with van der Waals surface area (Å²) in [5.74, 6) is 2.19. The minimum Gasteiger partial charge on any atom is -0.393 e. The molecule has 1 unspecified atom stereocenters. The van der Waals surface area contributed by atoms with Crippen molar-refractivity contribution < 1.29 is 9.63 Å². The zero-order valence-electron chi connectivity index (χ0n) is 11.3. The smallest absolute Gasteiger partial charge is 0.229 e. The van der Waals surface area contributed by atoms with Crippen molar-refractivity contribution in [3.05, 3.63) is 47.1 Å². The Morgan fingerprint density at radius 2 is 1.90 bits per heavy atom. The number of nitrogens with zero attached hydrogens (tertiary/aromatic N) is 2. The lowest BCUT2D eigenvalue weighted by Gasteiger charge is -2.27. The maximum absolute atomic E-state index is 9.35. The topological polar surface area (TPSA) is 59.2 Å². The zero-order chi connectivity index (χ0) is 13.5. The van der Waals surface area contributed by atoms with Gasteiger partial charge in [-0.1, -0.05) is 29.4 Å². The molecule has 104 valence electrons. The standard InChI is InChI=1S/C16H18N2O2/c19-14-8-13(9-14)16-17-15(18-20-16)12-6-5-10-3-1-2-4-11(10)7-12/h1-4,12-14,19H,5-9H2. The van der Waals surface area contributed by atoms with E-state index in [1.807, 2.05) is 0 Å². The van der Waals surface area contributed by atoms with Crippen LogP contribution in [0, 0.1) is 0 Å². The molecule has 1 aromatic carbocycles. The third-order valence-electron chi connectivity index (χ3n) is 4.63. The molecule has 0 aliphatic heterocycles. The van der Waals surface area contributed by atoms with Crippen molar-refractivity contribution >= 4 is 0 Å². The highest BCUT2D eigenvalue weighted by Gasteiger charge is 2.34. The molecular formula is C16H18N2O2. The molecular weight excluding hydrogens is 252 g/mol. The van der Waals surface area contributed by atoms with E-state index in [-0.39, 0.29) is 12.0 Å². The fourth-order valence-electron chi connectivity index (χ4n) is 3.29. The molecule has 0 saturated heterocycles. The van der Waals surface area contributed by atoms with E-state index in [1.54, 1.807) is 0 Å². The largest absolute Gasteiger partial charge is 0.393 e. The number of aromatic nitrogens is 2. The van der Waals surface area contributed by atoms with Crippen LogP contribution in [0.25, 0.3) is 0 Å². The second-order valence-electron chi connectivity index (χ2n) is 6.02. The molecule has 0 amide bonds. The van der Waals surface area contributed by atoms with Crippen LogP contribution in [0.3, 0.4) is 0 Å². The van der Waals surface area contributed by atoms with Crippen LogP contribution in [0.5, 0.6) is 0 Å². The molecule has 4 rings (SSSR count). The number of aliphatic hydroxyl groups excluding tert-OH is 1. The van der Waals surface area contributed by atoms with Crippen LogP contribution in [-0.2, 0) is 12.8 Å². The lowest BCUT2D eigenvalue weighted by Crippen LogP contribution is -2.26. The Balaban J connectivity index is 1.52. The van der Waals surface area contributed by atoms with Gasteiger partial charge in [0, 0.05) is 11.8 Å². The molecule has 2 aromatic rings. The van der Waals surface area contributed by atoms with E-state index >= 15 is 0 Å². The van der Waals surface area contributed by atoms with Crippen molar-refractivity contribution in [1.82, 2.24) is 10.1 Å². The average Bonchev–Trinajstić information content (AvgIpc) is 2.93. The molecule has 0 spiro atoms. The first-order valence-corrected chi connectivity index (χ1v) is 7.38. The van der Waals surface area contributed by atoms with Crippen molar-refractivity contribution in [2.24, 2.45) is 0 Å².